The Labute approximate surface area is 124 Å². The monoisotopic (exact) mass is 291 g/mol. The number of hydrogen-bond acceptors (Lipinski definition) is 4. The predicted octanol–water partition coefficient (Wildman–Crippen LogP) is 1.87. The molecule has 20 heavy (non-hydrogen) atoms. The lowest BCUT2D eigenvalue weighted by atomic mass is 10.0. The average molecular weight is 291 g/mol. The lowest BCUT2D eigenvalue weighted by molar-refractivity contribution is -0.136. The first kappa shape index (κ1) is 13.7. The second kappa shape index (κ2) is 6.48. The van der Waals surface area contributed by atoms with Gasteiger partial charge in [-0.15, -0.1) is 0 Å². The molecule has 0 bridgehead atoms. The zero-order valence-corrected chi connectivity index (χ0v) is 12.5. The van der Waals surface area contributed by atoms with Crippen molar-refractivity contribution in [2.75, 3.05) is 42.6 Å². The summed E-state index contributed by atoms with van der Waals surface area (Å²) < 4.78 is 0. The van der Waals surface area contributed by atoms with E-state index in [1.54, 1.807) is 0 Å². The van der Waals surface area contributed by atoms with Gasteiger partial charge in [-0.1, -0.05) is 6.07 Å². The molecule has 0 N–H and O–H groups in total. The van der Waals surface area contributed by atoms with Gasteiger partial charge >= 0.3 is 0 Å². The van der Waals surface area contributed by atoms with E-state index in [4.69, 9.17) is 0 Å². The molecule has 2 aliphatic heterocycles. The molecule has 2 saturated heterocycles. The number of nitrogens with zero attached hydrogens (tertiary/aromatic N) is 3. The average Bonchev–Trinajstić information content (AvgIpc) is 2.56. The lowest BCUT2D eigenvalue weighted by Gasteiger charge is -2.37. The molecule has 3 rings (SSSR count). The fraction of sp³-hybridized carbons (Fsp3) is 0.600. The van der Waals surface area contributed by atoms with Crippen molar-refractivity contribution < 1.29 is 4.79 Å². The highest BCUT2D eigenvalue weighted by Gasteiger charge is 2.28. The summed E-state index contributed by atoms with van der Waals surface area (Å²) in [5, 5.41) is 0. The molecule has 2 fully saturated rings. The first-order chi connectivity index (χ1) is 9.84. The largest absolute Gasteiger partial charge is 0.353 e. The van der Waals surface area contributed by atoms with Gasteiger partial charge in [-0.2, -0.15) is 11.8 Å². The highest BCUT2D eigenvalue weighted by atomic mass is 32.2. The summed E-state index contributed by atoms with van der Waals surface area (Å²) in [6, 6.07) is 5.99. The topological polar surface area (TPSA) is 36.4 Å². The Kier molecular flexibility index (Phi) is 4.45. The minimum absolute atomic E-state index is 0.276. The molecule has 108 valence electrons. The summed E-state index contributed by atoms with van der Waals surface area (Å²) in [6.07, 6.45) is 3.94. The molecule has 4 nitrogen and oxygen atoms in total. The van der Waals surface area contributed by atoms with E-state index in [0.717, 1.165) is 56.3 Å². The summed E-state index contributed by atoms with van der Waals surface area (Å²) >= 11 is 1.97. The van der Waals surface area contributed by atoms with Gasteiger partial charge in [0.05, 0.1) is 0 Å². The predicted molar refractivity (Wildman–Crippen MR) is 83.1 cm³/mol. The van der Waals surface area contributed by atoms with Crippen LogP contribution in [0.1, 0.15) is 12.8 Å². The van der Waals surface area contributed by atoms with Crippen molar-refractivity contribution in [3.63, 3.8) is 0 Å². The Hall–Kier alpha value is -1.23. The standard InChI is InChI=1S/C15H21N3OS/c19-15(13-4-11-20-12-5-13)18-9-7-17(8-10-18)14-3-1-2-6-16-14/h1-3,6,13H,4-5,7-12H2. The number of piperazine rings is 1. The Balaban J connectivity index is 1.54. The minimum Gasteiger partial charge on any atom is -0.353 e. The van der Waals surface area contributed by atoms with E-state index in [0.29, 0.717) is 5.91 Å². The van der Waals surface area contributed by atoms with Gasteiger partial charge < -0.3 is 9.80 Å². The van der Waals surface area contributed by atoms with Gasteiger partial charge in [0.2, 0.25) is 5.91 Å². The minimum atomic E-state index is 0.276. The third-order valence-electron chi connectivity index (χ3n) is 4.14. The van der Waals surface area contributed by atoms with E-state index in [-0.39, 0.29) is 5.92 Å². The summed E-state index contributed by atoms with van der Waals surface area (Å²) in [4.78, 5) is 21.2. The maximum absolute atomic E-state index is 12.5. The molecule has 0 radical (unpaired) electrons. The van der Waals surface area contributed by atoms with Crippen molar-refractivity contribution in [1.29, 1.82) is 0 Å². The maximum atomic E-state index is 12.5. The fourth-order valence-electron chi connectivity index (χ4n) is 2.90. The highest BCUT2D eigenvalue weighted by molar-refractivity contribution is 7.99. The zero-order chi connectivity index (χ0) is 13.8. The van der Waals surface area contributed by atoms with Crippen LogP contribution in [-0.4, -0.2) is 53.5 Å². The molecule has 1 amide bonds. The first-order valence-corrected chi connectivity index (χ1v) is 8.52. The normalized spacial score (nSPS) is 21.0. The summed E-state index contributed by atoms with van der Waals surface area (Å²) in [6.45, 7) is 3.45. The number of rotatable bonds is 2. The number of thioether (sulfide) groups is 1. The Morgan fingerprint density at radius 1 is 1.15 bits per heavy atom. The van der Waals surface area contributed by atoms with Crippen molar-refractivity contribution in [3.05, 3.63) is 24.4 Å². The number of pyridine rings is 1. The van der Waals surface area contributed by atoms with Crippen molar-refractivity contribution in [1.82, 2.24) is 9.88 Å². The van der Waals surface area contributed by atoms with E-state index in [2.05, 4.69) is 14.8 Å². The molecule has 3 heterocycles. The number of amides is 1. The van der Waals surface area contributed by atoms with Crippen LogP contribution in [0, 0.1) is 5.92 Å². The van der Waals surface area contributed by atoms with Gasteiger partial charge in [0, 0.05) is 38.3 Å². The van der Waals surface area contributed by atoms with Gasteiger partial charge in [0.15, 0.2) is 0 Å². The number of carbonyl (C=O) groups excluding carboxylic acids is 1. The van der Waals surface area contributed by atoms with Crippen molar-refractivity contribution in [2.24, 2.45) is 5.92 Å². The molecule has 5 heteroatoms. The van der Waals surface area contributed by atoms with E-state index in [9.17, 15) is 4.79 Å². The molecular formula is C15H21N3OS. The van der Waals surface area contributed by atoms with Gasteiger partial charge in [-0.05, 0) is 36.5 Å². The van der Waals surface area contributed by atoms with Crippen LogP contribution in [0.5, 0.6) is 0 Å². The number of hydrogen-bond donors (Lipinski definition) is 0. The van der Waals surface area contributed by atoms with Crippen LogP contribution in [0.25, 0.3) is 0 Å². The van der Waals surface area contributed by atoms with E-state index >= 15 is 0 Å². The Morgan fingerprint density at radius 3 is 2.55 bits per heavy atom. The van der Waals surface area contributed by atoms with Crippen LogP contribution in [0.2, 0.25) is 0 Å². The molecule has 2 aliphatic rings. The van der Waals surface area contributed by atoms with Crippen LogP contribution in [0.15, 0.2) is 24.4 Å². The SMILES string of the molecule is O=C(C1CCSCC1)N1CCN(c2ccccn2)CC1. The van der Waals surface area contributed by atoms with Crippen molar-refractivity contribution >= 4 is 23.5 Å². The van der Waals surface area contributed by atoms with Crippen LogP contribution in [-0.2, 0) is 4.79 Å². The third kappa shape index (κ3) is 3.08. The molecular weight excluding hydrogens is 270 g/mol. The second-order valence-corrected chi connectivity index (χ2v) is 6.61. The second-order valence-electron chi connectivity index (χ2n) is 5.39. The number of aromatic nitrogens is 1. The fourth-order valence-corrected chi connectivity index (χ4v) is 4.01. The van der Waals surface area contributed by atoms with Crippen LogP contribution in [0.3, 0.4) is 0 Å². The summed E-state index contributed by atoms with van der Waals surface area (Å²) in [5.74, 6) is 3.96. The van der Waals surface area contributed by atoms with Crippen LogP contribution >= 0.6 is 11.8 Å². The van der Waals surface area contributed by atoms with Crippen LogP contribution in [0.4, 0.5) is 5.82 Å². The molecule has 0 aliphatic carbocycles. The number of anilines is 1. The molecule has 1 aromatic heterocycles. The quantitative estimate of drug-likeness (QED) is 0.833. The van der Waals surface area contributed by atoms with Crippen LogP contribution < -0.4 is 4.90 Å². The van der Waals surface area contributed by atoms with Gasteiger partial charge in [-0.3, -0.25) is 4.79 Å². The molecule has 0 atom stereocenters. The number of carbonyl (C=O) groups is 1. The maximum Gasteiger partial charge on any atom is 0.225 e. The summed E-state index contributed by atoms with van der Waals surface area (Å²) in [7, 11) is 0. The third-order valence-corrected chi connectivity index (χ3v) is 5.18. The zero-order valence-electron chi connectivity index (χ0n) is 11.7. The Morgan fingerprint density at radius 2 is 1.90 bits per heavy atom. The van der Waals surface area contributed by atoms with Crippen molar-refractivity contribution in [3.8, 4) is 0 Å². The lowest BCUT2D eigenvalue weighted by Crippen LogP contribution is -2.51. The first-order valence-electron chi connectivity index (χ1n) is 7.37. The van der Waals surface area contributed by atoms with Gasteiger partial charge in [0.25, 0.3) is 0 Å². The van der Waals surface area contributed by atoms with E-state index in [1.165, 1.54) is 0 Å². The highest BCUT2D eigenvalue weighted by Crippen LogP contribution is 2.25. The molecule has 0 unspecified atom stereocenters. The van der Waals surface area contributed by atoms with E-state index < -0.39 is 0 Å². The van der Waals surface area contributed by atoms with E-state index in [1.807, 2.05) is 36.2 Å². The molecule has 1 aromatic rings. The van der Waals surface area contributed by atoms with Gasteiger partial charge in [0.1, 0.15) is 5.82 Å². The summed E-state index contributed by atoms with van der Waals surface area (Å²) in [5.41, 5.74) is 0. The van der Waals surface area contributed by atoms with Crippen molar-refractivity contribution in [2.45, 2.75) is 12.8 Å². The molecule has 0 spiro atoms. The molecule has 0 aromatic carbocycles. The van der Waals surface area contributed by atoms with Gasteiger partial charge in [-0.25, -0.2) is 4.98 Å². The smallest absolute Gasteiger partial charge is 0.225 e. The molecule has 0 saturated carbocycles. The Bertz CT molecular complexity index is 440.